The number of carboxylic acid groups (broad SMARTS) is 2. The van der Waals surface area contributed by atoms with Gasteiger partial charge in [-0.1, -0.05) is 6.92 Å². The van der Waals surface area contributed by atoms with Crippen LogP contribution < -0.4 is 0 Å². The maximum atomic E-state index is 10.9. The highest BCUT2D eigenvalue weighted by molar-refractivity contribution is 7.41. The molecular formula is C7H13O6P. The van der Waals surface area contributed by atoms with Crippen LogP contribution in [0.1, 0.15) is 20.3 Å². The predicted molar refractivity (Wildman–Crippen MR) is 48.7 cm³/mol. The van der Waals surface area contributed by atoms with E-state index in [9.17, 15) is 14.2 Å². The molecule has 0 spiro atoms. The van der Waals surface area contributed by atoms with Crippen LogP contribution in [0.25, 0.3) is 0 Å². The summed E-state index contributed by atoms with van der Waals surface area (Å²) in [5, 5.41) is 15.3. The summed E-state index contributed by atoms with van der Waals surface area (Å²) < 4.78 is 10.9. The van der Waals surface area contributed by atoms with Crippen molar-refractivity contribution in [1.29, 1.82) is 0 Å². The average molecular weight is 224 g/mol. The molecule has 14 heavy (non-hydrogen) atoms. The molecule has 0 aliphatic heterocycles. The quantitative estimate of drug-likeness (QED) is 0.583. The molecule has 7 heteroatoms. The average Bonchev–Trinajstić information content (AvgIpc) is 2.00. The Bertz CT molecular complexity index is 259. The maximum Gasteiger partial charge on any atom is 0.319 e. The van der Waals surface area contributed by atoms with Gasteiger partial charge in [-0.15, -0.1) is 0 Å². The third-order valence-corrected chi connectivity index (χ3v) is 3.95. The van der Waals surface area contributed by atoms with Crippen LogP contribution in [-0.4, -0.2) is 32.2 Å². The Morgan fingerprint density at radius 3 is 2.07 bits per heavy atom. The smallest absolute Gasteiger partial charge is 0.319 e. The molecule has 6 nitrogen and oxygen atoms in total. The van der Waals surface area contributed by atoms with E-state index in [0.29, 0.717) is 0 Å². The van der Waals surface area contributed by atoms with E-state index in [0.717, 1.165) is 6.92 Å². The van der Waals surface area contributed by atoms with Gasteiger partial charge in [0, 0.05) is 6.42 Å². The van der Waals surface area contributed by atoms with Gasteiger partial charge in [-0.25, -0.2) is 0 Å². The van der Waals surface area contributed by atoms with Gasteiger partial charge in [-0.2, -0.15) is 0 Å². The van der Waals surface area contributed by atoms with Gasteiger partial charge in [0.25, 0.3) is 0 Å². The van der Waals surface area contributed by atoms with Crippen LogP contribution in [-0.2, 0) is 14.2 Å². The summed E-state index contributed by atoms with van der Waals surface area (Å²) in [5.74, 6) is -3.53. The minimum Gasteiger partial charge on any atom is -0.481 e. The summed E-state index contributed by atoms with van der Waals surface area (Å²) in [6.45, 7) is 2.42. The summed E-state index contributed by atoms with van der Waals surface area (Å²) in [5.41, 5.74) is 0. The fourth-order valence-corrected chi connectivity index (χ4v) is 1.69. The van der Waals surface area contributed by atoms with Gasteiger partial charge in [0.15, 0.2) is 0 Å². The number of aliphatic carboxylic acids is 2. The van der Waals surface area contributed by atoms with Crippen molar-refractivity contribution in [2.75, 3.05) is 0 Å². The van der Waals surface area contributed by atoms with Crippen molar-refractivity contribution in [3.63, 3.8) is 0 Å². The van der Waals surface area contributed by atoms with E-state index >= 15 is 0 Å². The van der Waals surface area contributed by atoms with E-state index in [4.69, 9.17) is 15.1 Å². The second kappa shape index (κ2) is 4.57. The lowest BCUT2D eigenvalue weighted by Gasteiger charge is -2.27. The molecule has 0 aromatic heterocycles. The van der Waals surface area contributed by atoms with Crippen LogP contribution in [0.5, 0.6) is 0 Å². The number of rotatable bonds is 5. The highest BCUT2D eigenvalue weighted by atomic mass is 31.1. The number of carbonyl (C=O) groups is 2. The normalized spacial score (nSPS) is 19.4. The Labute approximate surface area is 81.4 Å². The largest absolute Gasteiger partial charge is 0.481 e. The molecule has 0 saturated carbocycles. The fraction of sp³-hybridized carbons (Fsp3) is 0.714. The van der Waals surface area contributed by atoms with Crippen molar-refractivity contribution in [3.05, 3.63) is 0 Å². The van der Waals surface area contributed by atoms with Gasteiger partial charge in [0.1, 0.15) is 5.16 Å². The van der Waals surface area contributed by atoms with Crippen molar-refractivity contribution in [3.8, 4) is 0 Å². The fourth-order valence-electron chi connectivity index (χ4n) is 0.979. The first-order valence-corrected chi connectivity index (χ1v) is 5.27. The lowest BCUT2D eigenvalue weighted by Crippen LogP contribution is -2.39. The van der Waals surface area contributed by atoms with E-state index in [1.807, 2.05) is 0 Å². The summed E-state index contributed by atoms with van der Waals surface area (Å²) in [6.07, 6.45) is -0.445. The molecule has 82 valence electrons. The van der Waals surface area contributed by atoms with Crippen LogP contribution in [0, 0.1) is 5.92 Å². The zero-order valence-electron chi connectivity index (χ0n) is 7.85. The molecule has 0 aromatic rings. The van der Waals surface area contributed by atoms with Crippen LogP contribution >= 0.6 is 8.03 Å². The predicted octanol–water partition coefficient (Wildman–Crippen LogP) is 0.407. The zero-order valence-corrected chi connectivity index (χ0v) is 8.85. The topological polar surface area (TPSA) is 112 Å². The van der Waals surface area contributed by atoms with Gasteiger partial charge in [0.2, 0.25) is 8.03 Å². The van der Waals surface area contributed by atoms with E-state index in [1.54, 1.807) is 0 Å². The first kappa shape index (κ1) is 13.1. The van der Waals surface area contributed by atoms with Crippen LogP contribution in [0.4, 0.5) is 0 Å². The molecule has 0 aliphatic rings. The third kappa shape index (κ3) is 2.56. The molecular weight excluding hydrogens is 211 g/mol. The van der Waals surface area contributed by atoms with E-state index in [-0.39, 0.29) is 0 Å². The molecule has 3 atom stereocenters. The summed E-state index contributed by atoms with van der Waals surface area (Å²) in [7, 11) is -3.33. The standard InChI is InChI=1S/C7H13O6P/c1-4(3-5(8)9)7(2,6(10)11)14(12)13/h4,14H,3H2,1-2H3,(H,8,9)(H,10,11)(H,12,13). The van der Waals surface area contributed by atoms with Gasteiger partial charge in [-0.3, -0.25) is 14.2 Å². The third-order valence-electron chi connectivity index (χ3n) is 2.35. The molecule has 3 unspecified atom stereocenters. The van der Waals surface area contributed by atoms with Crippen molar-refractivity contribution in [2.45, 2.75) is 25.4 Å². The van der Waals surface area contributed by atoms with Crippen LogP contribution in [0.15, 0.2) is 0 Å². The molecule has 0 amide bonds. The molecule has 3 N–H and O–H groups in total. The monoisotopic (exact) mass is 224 g/mol. The van der Waals surface area contributed by atoms with Crippen LogP contribution in [0.2, 0.25) is 0 Å². The van der Waals surface area contributed by atoms with Gasteiger partial charge in [0.05, 0.1) is 0 Å². The van der Waals surface area contributed by atoms with E-state index in [2.05, 4.69) is 0 Å². The second-order valence-corrected chi connectivity index (χ2v) is 4.96. The summed E-state index contributed by atoms with van der Waals surface area (Å²) in [4.78, 5) is 30.0. The summed E-state index contributed by atoms with van der Waals surface area (Å²) >= 11 is 0. The number of carboxylic acids is 2. The Kier molecular flexibility index (Phi) is 4.29. The molecule has 0 heterocycles. The minimum atomic E-state index is -3.33. The highest BCUT2D eigenvalue weighted by Gasteiger charge is 2.44. The number of hydrogen-bond donors (Lipinski definition) is 3. The minimum absolute atomic E-state index is 0.445. The van der Waals surface area contributed by atoms with Crippen LogP contribution in [0.3, 0.4) is 0 Å². The van der Waals surface area contributed by atoms with Crippen molar-refractivity contribution >= 4 is 20.0 Å². The molecule has 0 rings (SSSR count). The van der Waals surface area contributed by atoms with Gasteiger partial charge < -0.3 is 15.1 Å². The maximum absolute atomic E-state index is 10.9. The Balaban J connectivity index is 4.92. The van der Waals surface area contributed by atoms with Crippen molar-refractivity contribution < 1.29 is 29.3 Å². The van der Waals surface area contributed by atoms with Crippen molar-refractivity contribution in [1.82, 2.24) is 0 Å². The van der Waals surface area contributed by atoms with E-state index < -0.39 is 37.5 Å². The Hall–Kier alpha value is -0.870. The lowest BCUT2D eigenvalue weighted by atomic mass is 9.92. The highest BCUT2D eigenvalue weighted by Crippen LogP contribution is 2.42. The zero-order chi connectivity index (χ0) is 11.5. The molecule has 0 aromatic carbocycles. The Morgan fingerprint density at radius 1 is 1.43 bits per heavy atom. The molecule has 0 fully saturated rings. The van der Waals surface area contributed by atoms with Gasteiger partial charge in [-0.05, 0) is 12.8 Å². The van der Waals surface area contributed by atoms with Gasteiger partial charge >= 0.3 is 11.9 Å². The first-order valence-electron chi connectivity index (χ1n) is 3.91. The Morgan fingerprint density at radius 2 is 1.86 bits per heavy atom. The summed E-state index contributed by atoms with van der Waals surface area (Å²) in [6, 6.07) is 0. The second-order valence-electron chi connectivity index (χ2n) is 3.31. The SMILES string of the molecule is CC(CC(=O)O)C(C)(C(=O)O)[PH](=O)O. The molecule has 0 radical (unpaired) electrons. The van der Waals surface area contributed by atoms with E-state index in [1.165, 1.54) is 6.92 Å². The molecule has 0 saturated heterocycles. The van der Waals surface area contributed by atoms with Crippen molar-refractivity contribution in [2.24, 2.45) is 5.92 Å². The molecule has 0 aliphatic carbocycles. The first-order chi connectivity index (χ1) is 6.22. The lowest BCUT2D eigenvalue weighted by molar-refractivity contribution is -0.143. The molecule has 0 bridgehead atoms. The number of hydrogen-bond acceptors (Lipinski definition) is 3.